The van der Waals surface area contributed by atoms with Gasteiger partial charge in [0.25, 0.3) is 0 Å². The molecule has 0 saturated heterocycles. The summed E-state index contributed by atoms with van der Waals surface area (Å²) >= 11 is 20.5. The zero-order valence-electron chi connectivity index (χ0n) is 15.3. The number of halogens is 3. The standard InChI is InChI=1S/C21H17Cl3N4S/c22-15-6-7-16(18(24)12-15)20-13-29-21(26-19-5-2-1-4-17(19)23)28(20)10-3-9-27-11-8-25-14-27/h1-2,4-8,11-14H,3,9-10H2. The zero-order chi connectivity index (χ0) is 20.2. The van der Waals surface area contributed by atoms with Crippen LogP contribution in [-0.2, 0) is 13.1 Å². The van der Waals surface area contributed by atoms with Crippen LogP contribution in [0.4, 0.5) is 5.69 Å². The van der Waals surface area contributed by atoms with Gasteiger partial charge in [-0.15, -0.1) is 11.3 Å². The summed E-state index contributed by atoms with van der Waals surface area (Å²) in [5.74, 6) is 0. The quantitative estimate of drug-likeness (QED) is 0.313. The average molecular weight is 464 g/mol. The SMILES string of the molecule is Clc1ccc(-c2csc(=Nc3ccccc3Cl)n2CCCn2ccnc2)c(Cl)c1. The third-order valence-corrected chi connectivity index (χ3v) is 6.16. The molecule has 0 bridgehead atoms. The van der Waals surface area contributed by atoms with Gasteiger partial charge in [0, 0.05) is 41.4 Å². The smallest absolute Gasteiger partial charge is 0.190 e. The van der Waals surface area contributed by atoms with Crippen LogP contribution in [-0.4, -0.2) is 14.1 Å². The molecule has 0 aliphatic rings. The Morgan fingerprint density at radius 1 is 1.00 bits per heavy atom. The van der Waals surface area contributed by atoms with Crippen LogP contribution < -0.4 is 4.80 Å². The predicted molar refractivity (Wildman–Crippen MR) is 121 cm³/mol. The number of para-hydroxylation sites is 1. The van der Waals surface area contributed by atoms with Crippen LogP contribution in [0.2, 0.25) is 15.1 Å². The van der Waals surface area contributed by atoms with Gasteiger partial charge in [-0.3, -0.25) is 0 Å². The van der Waals surface area contributed by atoms with E-state index in [1.165, 1.54) is 0 Å². The second-order valence-electron chi connectivity index (χ2n) is 6.40. The molecule has 0 unspecified atom stereocenters. The molecule has 29 heavy (non-hydrogen) atoms. The Hall–Kier alpha value is -2.05. The Balaban J connectivity index is 1.75. The number of aryl methyl sites for hydroxylation is 1. The minimum Gasteiger partial charge on any atom is -0.337 e. The summed E-state index contributed by atoms with van der Waals surface area (Å²) in [7, 11) is 0. The Morgan fingerprint density at radius 2 is 1.86 bits per heavy atom. The Bertz CT molecular complexity index is 1180. The molecule has 0 spiro atoms. The van der Waals surface area contributed by atoms with Crippen molar-refractivity contribution in [2.45, 2.75) is 19.5 Å². The van der Waals surface area contributed by atoms with E-state index in [1.807, 2.05) is 48.9 Å². The lowest BCUT2D eigenvalue weighted by molar-refractivity contribution is 0.559. The third kappa shape index (κ3) is 4.75. The average Bonchev–Trinajstić information content (AvgIpc) is 3.35. The van der Waals surface area contributed by atoms with Crippen LogP contribution in [0.15, 0.2) is 71.6 Å². The third-order valence-electron chi connectivity index (χ3n) is 4.43. The molecule has 2 aromatic carbocycles. The molecule has 0 amide bonds. The predicted octanol–water partition coefficient (Wildman–Crippen LogP) is 6.70. The number of imidazole rings is 1. The van der Waals surface area contributed by atoms with Crippen molar-refractivity contribution in [2.24, 2.45) is 4.99 Å². The Labute approximate surface area is 187 Å². The van der Waals surface area contributed by atoms with E-state index >= 15 is 0 Å². The lowest BCUT2D eigenvalue weighted by atomic mass is 10.1. The molecule has 4 rings (SSSR count). The van der Waals surface area contributed by atoms with Gasteiger partial charge in [-0.2, -0.15) is 0 Å². The van der Waals surface area contributed by atoms with E-state index in [0.29, 0.717) is 15.1 Å². The van der Waals surface area contributed by atoms with Crippen LogP contribution in [0, 0.1) is 0 Å². The largest absolute Gasteiger partial charge is 0.337 e. The number of thiazole rings is 1. The number of hydrogen-bond acceptors (Lipinski definition) is 3. The van der Waals surface area contributed by atoms with E-state index in [1.54, 1.807) is 23.6 Å². The van der Waals surface area contributed by atoms with Crippen LogP contribution in [0.1, 0.15) is 6.42 Å². The summed E-state index contributed by atoms with van der Waals surface area (Å²) in [6, 6.07) is 13.1. The summed E-state index contributed by atoms with van der Waals surface area (Å²) in [5.41, 5.74) is 2.68. The zero-order valence-corrected chi connectivity index (χ0v) is 18.4. The van der Waals surface area contributed by atoms with Crippen LogP contribution in [0.3, 0.4) is 0 Å². The Kier molecular flexibility index (Phi) is 6.40. The van der Waals surface area contributed by atoms with Gasteiger partial charge >= 0.3 is 0 Å². The normalized spacial score (nSPS) is 11.9. The molecular formula is C21H17Cl3N4S. The Morgan fingerprint density at radius 3 is 2.62 bits per heavy atom. The maximum absolute atomic E-state index is 6.49. The molecule has 0 N–H and O–H groups in total. The van der Waals surface area contributed by atoms with Gasteiger partial charge in [-0.1, -0.05) is 46.9 Å². The van der Waals surface area contributed by atoms with Crippen LogP contribution in [0.5, 0.6) is 0 Å². The molecule has 0 fully saturated rings. The molecule has 148 valence electrons. The highest BCUT2D eigenvalue weighted by molar-refractivity contribution is 7.07. The fourth-order valence-electron chi connectivity index (χ4n) is 3.02. The van der Waals surface area contributed by atoms with E-state index in [4.69, 9.17) is 39.8 Å². The van der Waals surface area contributed by atoms with Gasteiger partial charge in [-0.25, -0.2) is 9.98 Å². The van der Waals surface area contributed by atoms with Crippen LogP contribution >= 0.6 is 46.1 Å². The second-order valence-corrected chi connectivity index (χ2v) is 8.48. The van der Waals surface area contributed by atoms with Gasteiger partial charge in [0.05, 0.1) is 27.8 Å². The summed E-state index contributed by atoms with van der Waals surface area (Å²) < 4.78 is 4.24. The first-order valence-electron chi connectivity index (χ1n) is 9.00. The fourth-order valence-corrected chi connectivity index (χ4v) is 4.65. The van der Waals surface area contributed by atoms with E-state index < -0.39 is 0 Å². The van der Waals surface area contributed by atoms with Gasteiger partial charge in [0.2, 0.25) is 0 Å². The van der Waals surface area contributed by atoms with E-state index in [0.717, 1.165) is 41.3 Å². The summed E-state index contributed by atoms with van der Waals surface area (Å²) in [6.07, 6.45) is 6.49. The first kappa shape index (κ1) is 20.2. The lowest BCUT2D eigenvalue weighted by Crippen LogP contribution is -2.17. The van der Waals surface area contributed by atoms with E-state index in [2.05, 4.69) is 19.5 Å². The van der Waals surface area contributed by atoms with Gasteiger partial charge < -0.3 is 9.13 Å². The minimum absolute atomic E-state index is 0.613. The number of rotatable bonds is 6. The second kappa shape index (κ2) is 9.18. The topological polar surface area (TPSA) is 35.1 Å². The van der Waals surface area contributed by atoms with E-state index in [-0.39, 0.29) is 0 Å². The first-order valence-corrected chi connectivity index (χ1v) is 11.0. The lowest BCUT2D eigenvalue weighted by Gasteiger charge is -2.11. The highest BCUT2D eigenvalue weighted by Gasteiger charge is 2.12. The number of benzene rings is 2. The van der Waals surface area contributed by atoms with E-state index in [9.17, 15) is 0 Å². The summed E-state index contributed by atoms with van der Waals surface area (Å²) in [4.78, 5) is 9.78. The first-order chi connectivity index (χ1) is 14.1. The van der Waals surface area contributed by atoms with Crippen molar-refractivity contribution in [1.82, 2.24) is 14.1 Å². The highest BCUT2D eigenvalue weighted by Crippen LogP contribution is 2.31. The molecule has 0 atom stereocenters. The molecule has 4 nitrogen and oxygen atoms in total. The number of nitrogens with zero attached hydrogens (tertiary/aromatic N) is 4. The number of aromatic nitrogens is 3. The van der Waals surface area contributed by atoms with Crippen molar-refractivity contribution in [3.63, 3.8) is 0 Å². The molecule has 2 aromatic heterocycles. The van der Waals surface area contributed by atoms with Crippen molar-refractivity contribution in [2.75, 3.05) is 0 Å². The number of hydrogen-bond donors (Lipinski definition) is 0. The van der Waals surface area contributed by atoms with Crippen molar-refractivity contribution in [3.8, 4) is 11.3 Å². The molecule has 0 aliphatic heterocycles. The molecule has 0 saturated carbocycles. The van der Waals surface area contributed by atoms with Gasteiger partial charge in [0.1, 0.15) is 0 Å². The van der Waals surface area contributed by atoms with Gasteiger partial charge in [-0.05, 0) is 36.8 Å². The highest BCUT2D eigenvalue weighted by atomic mass is 35.5. The molecule has 8 heteroatoms. The van der Waals surface area contributed by atoms with Crippen molar-refractivity contribution in [1.29, 1.82) is 0 Å². The van der Waals surface area contributed by atoms with Gasteiger partial charge in [0.15, 0.2) is 4.80 Å². The molecule has 0 aliphatic carbocycles. The molecular weight excluding hydrogens is 447 g/mol. The minimum atomic E-state index is 0.613. The maximum Gasteiger partial charge on any atom is 0.190 e. The molecule has 2 heterocycles. The fraction of sp³-hybridized carbons (Fsp3) is 0.143. The molecule has 0 radical (unpaired) electrons. The van der Waals surface area contributed by atoms with Crippen molar-refractivity contribution in [3.05, 3.63) is 86.4 Å². The van der Waals surface area contributed by atoms with Crippen molar-refractivity contribution < 1.29 is 0 Å². The molecule has 4 aromatic rings. The van der Waals surface area contributed by atoms with Crippen molar-refractivity contribution >= 4 is 51.8 Å². The summed E-state index contributed by atoms with van der Waals surface area (Å²) in [6.45, 7) is 1.64. The van der Waals surface area contributed by atoms with Crippen LogP contribution in [0.25, 0.3) is 11.3 Å². The monoisotopic (exact) mass is 462 g/mol. The summed E-state index contributed by atoms with van der Waals surface area (Å²) in [5, 5.41) is 3.92. The maximum atomic E-state index is 6.49.